The number of carbonyl (C=O) groups excluding carboxylic acids is 1. The zero-order valence-electron chi connectivity index (χ0n) is 11.9. The molecule has 0 radical (unpaired) electrons. The van der Waals surface area contributed by atoms with Gasteiger partial charge in [0.15, 0.2) is 0 Å². The fourth-order valence-corrected chi connectivity index (χ4v) is 3.47. The van der Waals surface area contributed by atoms with E-state index in [0.29, 0.717) is 23.1 Å². The summed E-state index contributed by atoms with van der Waals surface area (Å²) in [5.41, 5.74) is 6.41. The Morgan fingerprint density at radius 1 is 1.33 bits per heavy atom. The molecule has 4 heteroatoms. The van der Waals surface area contributed by atoms with Gasteiger partial charge in [0.05, 0.1) is 17.8 Å². The van der Waals surface area contributed by atoms with E-state index >= 15 is 0 Å². The molecule has 0 heterocycles. The maximum absolute atomic E-state index is 13.3. The number of rotatable bonds is 2. The molecular weight excluding hydrogens is 267 g/mol. The highest BCUT2D eigenvalue weighted by atomic mass is 19.1. The van der Waals surface area contributed by atoms with E-state index in [1.54, 1.807) is 6.07 Å². The van der Waals surface area contributed by atoms with Crippen molar-refractivity contribution in [3.63, 3.8) is 0 Å². The molecule has 2 atom stereocenters. The van der Waals surface area contributed by atoms with Crippen molar-refractivity contribution >= 4 is 11.6 Å². The molecule has 110 valence electrons. The van der Waals surface area contributed by atoms with Crippen LogP contribution in [0.1, 0.15) is 31.2 Å². The number of halogens is 1. The van der Waals surface area contributed by atoms with Crippen molar-refractivity contribution in [1.82, 2.24) is 0 Å². The lowest BCUT2D eigenvalue weighted by Gasteiger charge is -2.07. The van der Waals surface area contributed by atoms with Crippen molar-refractivity contribution in [2.24, 2.45) is 23.5 Å². The van der Waals surface area contributed by atoms with Crippen LogP contribution in [0, 0.1) is 35.4 Å². The average Bonchev–Trinajstić information content (AvgIpc) is 3.22. The molecular formula is C17H19FN2O. The van der Waals surface area contributed by atoms with Crippen molar-refractivity contribution in [3.05, 3.63) is 29.6 Å². The SMILES string of the molecule is NCC#Cc1cc(F)ccc1NC(=O)C1C2CCCCC21. The van der Waals surface area contributed by atoms with Crippen LogP contribution in [0.2, 0.25) is 0 Å². The van der Waals surface area contributed by atoms with Crippen LogP contribution in [-0.2, 0) is 4.79 Å². The molecule has 0 aromatic heterocycles. The first-order valence-corrected chi connectivity index (χ1v) is 7.50. The van der Waals surface area contributed by atoms with Gasteiger partial charge in [0.1, 0.15) is 5.82 Å². The number of benzene rings is 1. The summed E-state index contributed by atoms with van der Waals surface area (Å²) in [6, 6.07) is 4.24. The fourth-order valence-electron chi connectivity index (χ4n) is 3.47. The smallest absolute Gasteiger partial charge is 0.228 e. The molecule has 1 amide bonds. The Kier molecular flexibility index (Phi) is 3.94. The molecule has 2 unspecified atom stereocenters. The van der Waals surface area contributed by atoms with Gasteiger partial charge in [0.25, 0.3) is 0 Å². The largest absolute Gasteiger partial charge is 0.325 e. The van der Waals surface area contributed by atoms with Crippen LogP contribution >= 0.6 is 0 Å². The molecule has 1 aromatic carbocycles. The summed E-state index contributed by atoms with van der Waals surface area (Å²) in [5, 5.41) is 2.92. The van der Waals surface area contributed by atoms with Crippen LogP contribution in [0.3, 0.4) is 0 Å². The fraction of sp³-hybridized carbons (Fsp3) is 0.471. The molecule has 0 aliphatic heterocycles. The number of nitrogens with two attached hydrogens (primary N) is 1. The molecule has 0 bridgehead atoms. The molecule has 0 spiro atoms. The Morgan fingerprint density at radius 3 is 2.71 bits per heavy atom. The van der Waals surface area contributed by atoms with E-state index < -0.39 is 0 Å². The van der Waals surface area contributed by atoms with Crippen molar-refractivity contribution in [3.8, 4) is 11.8 Å². The van der Waals surface area contributed by atoms with Crippen LogP contribution in [0.4, 0.5) is 10.1 Å². The number of hydrogen-bond donors (Lipinski definition) is 2. The third kappa shape index (κ3) is 2.93. The summed E-state index contributed by atoms with van der Waals surface area (Å²) in [6.45, 7) is 0.205. The second-order valence-electron chi connectivity index (χ2n) is 5.82. The van der Waals surface area contributed by atoms with E-state index in [-0.39, 0.29) is 24.2 Å². The lowest BCUT2D eigenvalue weighted by molar-refractivity contribution is -0.117. The normalized spacial score (nSPS) is 26.3. The molecule has 2 aliphatic rings. The lowest BCUT2D eigenvalue weighted by atomic mass is 10.0. The molecule has 0 saturated heterocycles. The van der Waals surface area contributed by atoms with Crippen LogP contribution in [0.15, 0.2) is 18.2 Å². The summed E-state index contributed by atoms with van der Waals surface area (Å²) < 4.78 is 13.3. The van der Waals surface area contributed by atoms with E-state index in [1.807, 2.05) is 0 Å². The third-order valence-electron chi connectivity index (χ3n) is 4.52. The van der Waals surface area contributed by atoms with Crippen molar-refractivity contribution in [2.75, 3.05) is 11.9 Å². The van der Waals surface area contributed by atoms with E-state index in [0.717, 1.165) is 12.8 Å². The van der Waals surface area contributed by atoms with Gasteiger partial charge in [-0.05, 0) is 42.9 Å². The zero-order valence-corrected chi connectivity index (χ0v) is 11.9. The maximum Gasteiger partial charge on any atom is 0.228 e. The van der Waals surface area contributed by atoms with Crippen molar-refractivity contribution < 1.29 is 9.18 Å². The summed E-state index contributed by atoms with van der Waals surface area (Å²) >= 11 is 0. The quantitative estimate of drug-likeness (QED) is 0.821. The first-order chi connectivity index (χ1) is 10.2. The topological polar surface area (TPSA) is 55.1 Å². The number of fused-ring (bicyclic) bond motifs is 1. The van der Waals surface area contributed by atoms with Gasteiger partial charge in [-0.3, -0.25) is 4.79 Å². The van der Waals surface area contributed by atoms with Gasteiger partial charge >= 0.3 is 0 Å². The monoisotopic (exact) mass is 286 g/mol. The van der Waals surface area contributed by atoms with E-state index in [2.05, 4.69) is 17.2 Å². The predicted octanol–water partition coefficient (Wildman–Crippen LogP) is 2.51. The van der Waals surface area contributed by atoms with E-state index in [4.69, 9.17) is 5.73 Å². The van der Waals surface area contributed by atoms with Crippen molar-refractivity contribution in [2.45, 2.75) is 25.7 Å². The Hall–Kier alpha value is -1.86. The second kappa shape index (κ2) is 5.87. The van der Waals surface area contributed by atoms with Gasteiger partial charge < -0.3 is 11.1 Å². The standard InChI is InChI=1S/C17H19FN2O/c18-12-7-8-15(11(10-12)4-3-9-19)20-17(21)16-13-5-1-2-6-14(13)16/h7-8,10,13-14,16H,1-2,5-6,9,19H2,(H,20,21). The molecule has 21 heavy (non-hydrogen) atoms. The minimum atomic E-state index is -0.366. The highest BCUT2D eigenvalue weighted by molar-refractivity contribution is 5.96. The Balaban J connectivity index is 1.74. The highest BCUT2D eigenvalue weighted by Gasteiger charge is 2.54. The molecule has 1 aromatic rings. The van der Waals surface area contributed by atoms with E-state index in [1.165, 1.54) is 25.0 Å². The van der Waals surface area contributed by atoms with Gasteiger partial charge in [0, 0.05) is 5.92 Å². The number of anilines is 1. The molecule has 3 N–H and O–H groups in total. The third-order valence-corrected chi connectivity index (χ3v) is 4.52. The average molecular weight is 286 g/mol. The summed E-state index contributed by atoms with van der Waals surface area (Å²) in [6.07, 6.45) is 4.78. The van der Waals surface area contributed by atoms with Crippen LogP contribution in [0.5, 0.6) is 0 Å². The Labute approximate surface area is 124 Å². The first-order valence-electron chi connectivity index (χ1n) is 7.50. The highest BCUT2D eigenvalue weighted by Crippen LogP contribution is 2.55. The minimum Gasteiger partial charge on any atom is -0.325 e. The van der Waals surface area contributed by atoms with Gasteiger partial charge in [-0.2, -0.15) is 0 Å². The van der Waals surface area contributed by atoms with Crippen molar-refractivity contribution in [1.29, 1.82) is 0 Å². The maximum atomic E-state index is 13.3. The molecule has 2 aliphatic carbocycles. The van der Waals surface area contributed by atoms with Crippen LogP contribution in [0.25, 0.3) is 0 Å². The lowest BCUT2D eigenvalue weighted by Crippen LogP contribution is -2.16. The van der Waals surface area contributed by atoms with Crippen LogP contribution < -0.4 is 11.1 Å². The Bertz CT molecular complexity index is 605. The van der Waals surface area contributed by atoms with E-state index in [9.17, 15) is 9.18 Å². The van der Waals surface area contributed by atoms with Gasteiger partial charge in [-0.15, -0.1) is 0 Å². The molecule has 2 saturated carbocycles. The number of carbonyl (C=O) groups is 1. The first kappa shape index (κ1) is 14.1. The zero-order chi connectivity index (χ0) is 14.8. The second-order valence-corrected chi connectivity index (χ2v) is 5.82. The number of nitrogens with one attached hydrogen (secondary N) is 1. The van der Waals surface area contributed by atoms with Gasteiger partial charge in [-0.25, -0.2) is 4.39 Å². The molecule has 2 fully saturated rings. The summed E-state index contributed by atoms with van der Waals surface area (Å²) in [4.78, 5) is 12.4. The van der Waals surface area contributed by atoms with Crippen LogP contribution in [-0.4, -0.2) is 12.5 Å². The summed E-state index contributed by atoms with van der Waals surface area (Å²) in [5.74, 6) is 6.43. The molecule has 3 nitrogen and oxygen atoms in total. The summed E-state index contributed by atoms with van der Waals surface area (Å²) in [7, 11) is 0. The van der Waals surface area contributed by atoms with Gasteiger partial charge in [0.2, 0.25) is 5.91 Å². The Morgan fingerprint density at radius 2 is 2.05 bits per heavy atom. The van der Waals surface area contributed by atoms with Gasteiger partial charge in [-0.1, -0.05) is 24.7 Å². The predicted molar refractivity (Wildman–Crippen MR) is 79.9 cm³/mol. The number of hydrogen-bond acceptors (Lipinski definition) is 2. The molecule has 3 rings (SSSR count). The number of amides is 1. The minimum absolute atomic E-state index is 0.0503.